The number of amides is 1. The fourth-order valence-corrected chi connectivity index (χ4v) is 3.27. The molecule has 0 bridgehead atoms. The van der Waals surface area contributed by atoms with E-state index in [0.29, 0.717) is 12.6 Å². The molecule has 104 valence electrons. The Morgan fingerprint density at radius 1 is 1.17 bits per heavy atom. The summed E-state index contributed by atoms with van der Waals surface area (Å²) in [4.78, 5) is 14.5. The van der Waals surface area contributed by atoms with E-state index in [1.54, 1.807) is 0 Å². The van der Waals surface area contributed by atoms with Gasteiger partial charge in [-0.2, -0.15) is 0 Å². The summed E-state index contributed by atoms with van der Waals surface area (Å²) >= 11 is 0. The highest BCUT2D eigenvalue weighted by Gasteiger charge is 2.30. The summed E-state index contributed by atoms with van der Waals surface area (Å²) in [5.41, 5.74) is 0. The Morgan fingerprint density at radius 2 is 1.94 bits per heavy atom. The van der Waals surface area contributed by atoms with Gasteiger partial charge in [0.2, 0.25) is 5.91 Å². The Morgan fingerprint density at radius 3 is 2.56 bits per heavy atom. The van der Waals surface area contributed by atoms with Crippen LogP contribution in [-0.4, -0.2) is 48.2 Å². The Balaban J connectivity index is 1.96. The molecule has 1 aliphatic heterocycles. The van der Waals surface area contributed by atoms with Crippen molar-refractivity contribution in [1.82, 2.24) is 10.2 Å². The quantitative estimate of drug-likeness (QED) is 0.791. The van der Waals surface area contributed by atoms with Crippen LogP contribution in [0.25, 0.3) is 0 Å². The van der Waals surface area contributed by atoms with Crippen LogP contribution in [-0.2, 0) is 4.79 Å². The SMILES string of the molecule is O=C([C@@H]1CCCNC1)N(CCO)C1CCCCC1. The van der Waals surface area contributed by atoms with Gasteiger partial charge >= 0.3 is 0 Å². The van der Waals surface area contributed by atoms with Gasteiger partial charge in [-0.25, -0.2) is 0 Å². The first-order chi connectivity index (χ1) is 8.83. The topological polar surface area (TPSA) is 52.6 Å². The molecule has 1 saturated heterocycles. The first kappa shape index (κ1) is 13.8. The monoisotopic (exact) mass is 254 g/mol. The van der Waals surface area contributed by atoms with Gasteiger partial charge in [-0.15, -0.1) is 0 Å². The summed E-state index contributed by atoms with van der Waals surface area (Å²) in [6.45, 7) is 2.45. The lowest BCUT2D eigenvalue weighted by Gasteiger charge is -2.37. The summed E-state index contributed by atoms with van der Waals surface area (Å²) in [5, 5.41) is 12.5. The van der Waals surface area contributed by atoms with E-state index >= 15 is 0 Å². The third kappa shape index (κ3) is 3.45. The number of piperidine rings is 1. The van der Waals surface area contributed by atoms with Gasteiger partial charge in [-0.05, 0) is 32.2 Å². The number of rotatable bonds is 4. The van der Waals surface area contributed by atoms with Crippen LogP contribution in [0, 0.1) is 5.92 Å². The minimum atomic E-state index is 0.0857. The maximum absolute atomic E-state index is 12.6. The second kappa shape index (κ2) is 7.10. The van der Waals surface area contributed by atoms with Crippen molar-refractivity contribution >= 4 is 5.91 Å². The zero-order valence-corrected chi connectivity index (χ0v) is 11.2. The Labute approximate surface area is 110 Å². The van der Waals surface area contributed by atoms with Crippen molar-refractivity contribution < 1.29 is 9.90 Å². The van der Waals surface area contributed by atoms with Gasteiger partial charge in [0.1, 0.15) is 0 Å². The first-order valence-electron chi connectivity index (χ1n) is 7.45. The molecule has 0 aromatic carbocycles. The molecule has 0 spiro atoms. The molecule has 18 heavy (non-hydrogen) atoms. The van der Waals surface area contributed by atoms with Crippen LogP contribution >= 0.6 is 0 Å². The Bertz CT molecular complexity index is 259. The summed E-state index contributed by atoms with van der Waals surface area (Å²) in [5.74, 6) is 0.398. The van der Waals surface area contributed by atoms with Crippen molar-refractivity contribution in [3.63, 3.8) is 0 Å². The number of aliphatic hydroxyl groups is 1. The molecular formula is C14H26N2O2. The molecule has 0 aromatic rings. The number of carbonyl (C=O) groups excluding carboxylic acids is 1. The molecule has 1 saturated carbocycles. The van der Waals surface area contributed by atoms with E-state index in [0.717, 1.165) is 38.8 Å². The average molecular weight is 254 g/mol. The van der Waals surface area contributed by atoms with E-state index in [4.69, 9.17) is 0 Å². The van der Waals surface area contributed by atoms with Gasteiger partial charge in [-0.1, -0.05) is 19.3 Å². The number of hydrogen-bond donors (Lipinski definition) is 2. The summed E-state index contributed by atoms with van der Waals surface area (Å²) < 4.78 is 0. The molecule has 1 heterocycles. The fraction of sp³-hybridized carbons (Fsp3) is 0.929. The molecule has 2 rings (SSSR count). The highest BCUT2D eigenvalue weighted by Crippen LogP contribution is 2.25. The van der Waals surface area contributed by atoms with Crippen LogP contribution in [0.1, 0.15) is 44.9 Å². The third-order valence-electron chi connectivity index (χ3n) is 4.29. The molecule has 2 aliphatic rings. The van der Waals surface area contributed by atoms with Crippen LogP contribution in [0.2, 0.25) is 0 Å². The van der Waals surface area contributed by atoms with Crippen molar-refractivity contribution in [2.24, 2.45) is 5.92 Å². The Kier molecular flexibility index (Phi) is 5.45. The average Bonchev–Trinajstić information content (AvgIpc) is 2.46. The molecule has 0 radical (unpaired) electrons. The lowest BCUT2D eigenvalue weighted by molar-refractivity contribution is -0.139. The molecule has 1 aliphatic carbocycles. The van der Waals surface area contributed by atoms with E-state index in [-0.39, 0.29) is 18.4 Å². The van der Waals surface area contributed by atoms with E-state index in [9.17, 15) is 9.90 Å². The second-order valence-electron chi connectivity index (χ2n) is 5.59. The normalized spacial score (nSPS) is 25.9. The van der Waals surface area contributed by atoms with Crippen LogP contribution in [0.15, 0.2) is 0 Å². The van der Waals surface area contributed by atoms with Gasteiger partial charge < -0.3 is 15.3 Å². The highest BCUT2D eigenvalue weighted by atomic mass is 16.3. The lowest BCUT2D eigenvalue weighted by atomic mass is 9.91. The predicted octanol–water partition coefficient (Wildman–Crippen LogP) is 1.14. The minimum absolute atomic E-state index is 0.0857. The van der Waals surface area contributed by atoms with Crippen LogP contribution in [0.5, 0.6) is 0 Å². The number of aliphatic hydroxyl groups excluding tert-OH is 1. The molecule has 0 aromatic heterocycles. The Hall–Kier alpha value is -0.610. The van der Waals surface area contributed by atoms with Gasteiger partial charge in [0, 0.05) is 19.1 Å². The van der Waals surface area contributed by atoms with Crippen molar-refractivity contribution in [3.05, 3.63) is 0 Å². The first-order valence-corrected chi connectivity index (χ1v) is 7.45. The smallest absolute Gasteiger partial charge is 0.227 e. The van der Waals surface area contributed by atoms with E-state index in [1.807, 2.05) is 4.90 Å². The van der Waals surface area contributed by atoms with Gasteiger partial charge in [0.05, 0.1) is 12.5 Å². The van der Waals surface area contributed by atoms with Crippen molar-refractivity contribution in [2.45, 2.75) is 51.0 Å². The fourth-order valence-electron chi connectivity index (χ4n) is 3.27. The van der Waals surface area contributed by atoms with Crippen LogP contribution < -0.4 is 5.32 Å². The largest absolute Gasteiger partial charge is 0.395 e. The molecular weight excluding hydrogens is 228 g/mol. The predicted molar refractivity (Wildman–Crippen MR) is 71.3 cm³/mol. The molecule has 4 heteroatoms. The maximum atomic E-state index is 12.6. The third-order valence-corrected chi connectivity index (χ3v) is 4.29. The zero-order chi connectivity index (χ0) is 12.8. The summed E-state index contributed by atoms with van der Waals surface area (Å²) in [7, 11) is 0. The van der Waals surface area contributed by atoms with E-state index < -0.39 is 0 Å². The van der Waals surface area contributed by atoms with Crippen LogP contribution in [0.4, 0.5) is 0 Å². The van der Waals surface area contributed by atoms with E-state index in [2.05, 4.69) is 5.32 Å². The standard InChI is InChI=1S/C14H26N2O2/c17-10-9-16(13-6-2-1-3-7-13)14(18)12-5-4-8-15-11-12/h12-13,15,17H,1-11H2/t12-/m1/s1. The highest BCUT2D eigenvalue weighted by molar-refractivity contribution is 5.79. The van der Waals surface area contributed by atoms with Crippen molar-refractivity contribution in [1.29, 1.82) is 0 Å². The maximum Gasteiger partial charge on any atom is 0.227 e. The van der Waals surface area contributed by atoms with Crippen molar-refractivity contribution in [3.8, 4) is 0 Å². The molecule has 1 amide bonds. The second-order valence-corrected chi connectivity index (χ2v) is 5.59. The van der Waals surface area contributed by atoms with Crippen molar-refractivity contribution in [2.75, 3.05) is 26.2 Å². The van der Waals surface area contributed by atoms with Crippen LogP contribution in [0.3, 0.4) is 0 Å². The molecule has 0 unspecified atom stereocenters. The summed E-state index contributed by atoms with van der Waals surface area (Å²) in [6.07, 6.45) is 8.07. The minimum Gasteiger partial charge on any atom is -0.395 e. The molecule has 4 nitrogen and oxygen atoms in total. The van der Waals surface area contributed by atoms with E-state index in [1.165, 1.54) is 19.3 Å². The van der Waals surface area contributed by atoms with Gasteiger partial charge in [0.25, 0.3) is 0 Å². The summed E-state index contributed by atoms with van der Waals surface area (Å²) in [6, 6.07) is 0.375. The molecule has 2 N–H and O–H groups in total. The molecule has 2 fully saturated rings. The number of nitrogens with one attached hydrogen (secondary N) is 1. The molecule has 1 atom stereocenters. The number of hydrogen-bond acceptors (Lipinski definition) is 3. The lowest BCUT2D eigenvalue weighted by Crippen LogP contribution is -2.49. The zero-order valence-electron chi connectivity index (χ0n) is 11.2. The number of carbonyl (C=O) groups is 1. The number of nitrogens with zero attached hydrogens (tertiary/aromatic N) is 1. The van der Waals surface area contributed by atoms with Gasteiger partial charge in [-0.3, -0.25) is 4.79 Å². The van der Waals surface area contributed by atoms with Gasteiger partial charge in [0.15, 0.2) is 0 Å².